The van der Waals surface area contributed by atoms with E-state index in [1.807, 2.05) is 36.6 Å². The minimum Gasteiger partial charge on any atom is -0.322 e. The lowest BCUT2D eigenvalue weighted by atomic mass is 10.2. The second kappa shape index (κ2) is 9.26. The van der Waals surface area contributed by atoms with Crippen LogP contribution in [-0.4, -0.2) is 41.3 Å². The van der Waals surface area contributed by atoms with Crippen molar-refractivity contribution in [2.45, 2.75) is 44.4 Å². The molecular formula is C24H28N4O3S. The van der Waals surface area contributed by atoms with Gasteiger partial charge in [-0.05, 0) is 63.1 Å². The van der Waals surface area contributed by atoms with Gasteiger partial charge in [0.15, 0.2) is 0 Å². The molecule has 1 fully saturated rings. The smallest absolute Gasteiger partial charge is 0.257 e. The Morgan fingerprint density at radius 2 is 1.75 bits per heavy atom. The molecule has 168 valence electrons. The lowest BCUT2D eigenvalue weighted by Gasteiger charge is -2.20. The van der Waals surface area contributed by atoms with E-state index in [4.69, 9.17) is 0 Å². The Morgan fingerprint density at radius 1 is 1.00 bits per heavy atom. The standard InChI is InChI=1S/C24H28N4O3S/c1-18-15-23(19(2)28(18)21-10-8-12-25-17-21)24(29)26-20-9-7-11-22(16-20)32(30,31)27-13-5-3-4-6-14-27/h7-12,15-17H,3-6,13-14H2,1-2H3,(H,26,29). The second-order valence-corrected chi connectivity index (χ2v) is 10.1. The fraction of sp³-hybridized carbons (Fsp3) is 0.333. The number of amides is 1. The van der Waals surface area contributed by atoms with E-state index in [9.17, 15) is 13.2 Å². The Kier molecular flexibility index (Phi) is 6.43. The summed E-state index contributed by atoms with van der Waals surface area (Å²) in [4.78, 5) is 17.4. The molecule has 1 amide bonds. The molecule has 3 heterocycles. The first kappa shape index (κ1) is 22.2. The molecule has 1 aliphatic rings. The van der Waals surface area contributed by atoms with Crippen LogP contribution in [0.15, 0.2) is 59.8 Å². The monoisotopic (exact) mass is 452 g/mol. The minimum absolute atomic E-state index is 0.207. The van der Waals surface area contributed by atoms with Crippen LogP contribution in [0.4, 0.5) is 5.69 Å². The van der Waals surface area contributed by atoms with Crippen molar-refractivity contribution >= 4 is 21.6 Å². The topological polar surface area (TPSA) is 84.3 Å². The summed E-state index contributed by atoms with van der Waals surface area (Å²) in [5.74, 6) is -0.280. The average Bonchev–Trinajstić information content (AvgIpc) is 2.96. The van der Waals surface area contributed by atoms with Crippen LogP contribution in [0, 0.1) is 13.8 Å². The van der Waals surface area contributed by atoms with Crippen LogP contribution < -0.4 is 5.32 Å². The van der Waals surface area contributed by atoms with Gasteiger partial charge in [-0.3, -0.25) is 9.78 Å². The summed E-state index contributed by atoms with van der Waals surface area (Å²) in [5, 5.41) is 2.87. The fourth-order valence-electron chi connectivity index (χ4n) is 4.24. The number of benzene rings is 1. The van der Waals surface area contributed by atoms with E-state index in [2.05, 4.69) is 10.3 Å². The highest BCUT2D eigenvalue weighted by atomic mass is 32.2. The second-order valence-electron chi connectivity index (χ2n) is 8.13. The maximum Gasteiger partial charge on any atom is 0.257 e. The van der Waals surface area contributed by atoms with Gasteiger partial charge in [-0.15, -0.1) is 0 Å². The van der Waals surface area contributed by atoms with Crippen molar-refractivity contribution in [1.29, 1.82) is 0 Å². The minimum atomic E-state index is -3.58. The van der Waals surface area contributed by atoms with Crippen LogP contribution >= 0.6 is 0 Å². The van der Waals surface area contributed by atoms with Gasteiger partial charge in [0.2, 0.25) is 10.0 Å². The van der Waals surface area contributed by atoms with Crippen LogP contribution in [0.2, 0.25) is 0 Å². The van der Waals surface area contributed by atoms with Gasteiger partial charge >= 0.3 is 0 Å². The van der Waals surface area contributed by atoms with Crippen molar-refractivity contribution < 1.29 is 13.2 Å². The molecule has 1 saturated heterocycles. The Morgan fingerprint density at radius 3 is 2.44 bits per heavy atom. The van der Waals surface area contributed by atoms with Crippen molar-refractivity contribution in [2.75, 3.05) is 18.4 Å². The van der Waals surface area contributed by atoms with E-state index in [0.29, 0.717) is 24.3 Å². The Balaban J connectivity index is 1.57. The highest BCUT2D eigenvalue weighted by Gasteiger charge is 2.25. The zero-order chi connectivity index (χ0) is 22.7. The Bertz CT molecular complexity index is 1210. The molecule has 0 unspecified atom stereocenters. The number of aryl methyl sites for hydroxylation is 1. The number of nitrogens with zero attached hydrogens (tertiary/aromatic N) is 3. The van der Waals surface area contributed by atoms with Crippen LogP contribution in [0.3, 0.4) is 0 Å². The number of aromatic nitrogens is 2. The SMILES string of the molecule is Cc1cc(C(=O)Nc2cccc(S(=O)(=O)N3CCCCCC3)c2)c(C)n1-c1cccnc1. The highest BCUT2D eigenvalue weighted by Crippen LogP contribution is 2.25. The summed E-state index contributed by atoms with van der Waals surface area (Å²) in [7, 11) is -3.58. The molecule has 32 heavy (non-hydrogen) atoms. The summed E-state index contributed by atoms with van der Waals surface area (Å²) < 4.78 is 29.8. The number of sulfonamides is 1. The van der Waals surface area contributed by atoms with E-state index in [1.54, 1.807) is 41.0 Å². The molecule has 1 aromatic carbocycles. The third kappa shape index (κ3) is 4.47. The number of hydrogen-bond donors (Lipinski definition) is 1. The lowest BCUT2D eigenvalue weighted by molar-refractivity contribution is 0.102. The largest absolute Gasteiger partial charge is 0.322 e. The van der Waals surface area contributed by atoms with E-state index in [0.717, 1.165) is 42.8 Å². The van der Waals surface area contributed by atoms with Gasteiger partial charge in [0.1, 0.15) is 0 Å². The predicted molar refractivity (Wildman–Crippen MR) is 125 cm³/mol. The Hall–Kier alpha value is -2.97. The molecule has 3 aromatic rings. The normalized spacial score (nSPS) is 15.3. The van der Waals surface area contributed by atoms with Crippen molar-refractivity contribution in [3.8, 4) is 5.69 Å². The number of rotatable bonds is 5. The molecule has 0 radical (unpaired) electrons. The first-order valence-electron chi connectivity index (χ1n) is 10.9. The Labute approximate surface area is 189 Å². The zero-order valence-corrected chi connectivity index (χ0v) is 19.2. The maximum absolute atomic E-state index is 13.1. The number of hydrogen-bond acceptors (Lipinski definition) is 4. The number of anilines is 1. The van der Waals surface area contributed by atoms with Crippen molar-refractivity contribution in [3.63, 3.8) is 0 Å². The van der Waals surface area contributed by atoms with Crippen LogP contribution in [0.25, 0.3) is 5.69 Å². The molecule has 0 aliphatic carbocycles. The first-order chi connectivity index (χ1) is 15.4. The first-order valence-corrected chi connectivity index (χ1v) is 12.3. The average molecular weight is 453 g/mol. The van der Waals surface area contributed by atoms with Gasteiger partial charge in [0, 0.05) is 36.4 Å². The van der Waals surface area contributed by atoms with E-state index < -0.39 is 10.0 Å². The van der Waals surface area contributed by atoms with E-state index in [-0.39, 0.29) is 10.8 Å². The van der Waals surface area contributed by atoms with Gasteiger partial charge in [-0.2, -0.15) is 4.31 Å². The van der Waals surface area contributed by atoms with Crippen LogP contribution in [-0.2, 0) is 10.0 Å². The number of nitrogens with one attached hydrogen (secondary N) is 1. The summed E-state index contributed by atoms with van der Waals surface area (Å²) in [6.07, 6.45) is 7.32. The molecule has 7 nitrogen and oxygen atoms in total. The van der Waals surface area contributed by atoms with Gasteiger partial charge in [0.25, 0.3) is 5.91 Å². The predicted octanol–water partition coefficient (Wildman–Crippen LogP) is 4.31. The van der Waals surface area contributed by atoms with Gasteiger partial charge in [-0.1, -0.05) is 18.9 Å². The molecular weight excluding hydrogens is 424 g/mol. The molecule has 0 bridgehead atoms. The third-order valence-electron chi connectivity index (χ3n) is 5.87. The van der Waals surface area contributed by atoms with Gasteiger partial charge in [0.05, 0.1) is 22.3 Å². The maximum atomic E-state index is 13.1. The summed E-state index contributed by atoms with van der Waals surface area (Å²) in [6.45, 7) is 4.90. The van der Waals surface area contributed by atoms with Gasteiger partial charge < -0.3 is 9.88 Å². The molecule has 0 spiro atoms. The third-order valence-corrected chi connectivity index (χ3v) is 7.77. The molecule has 1 N–H and O–H groups in total. The quantitative estimate of drug-likeness (QED) is 0.625. The summed E-state index contributed by atoms with van der Waals surface area (Å²) in [5.41, 5.74) is 3.58. The van der Waals surface area contributed by atoms with E-state index >= 15 is 0 Å². The number of carbonyl (C=O) groups is 1. The highest BCUT2D eigenvalue weighted by molar-refractivity contribution is 7.89. The zero-order valence-electron chi connectivity index (χ0n) is 18.4. The van der Waals surface area contributed by atoms with Crippen molar-refractivity contribution in [3.05, 3.63) is 71.8 Å². The fourth-order valence-corrected chi connectivity index (χ4v) is 5.80. The van der Waals surface area contributed by atoms with Crippen molar-refractivity contribution in [1.82, 2.24) is 13.9 Å². The number of pyridine rings is 1. The van der Waals surface area contributed by atoms with E-state index in [1.165, 1.54) is 0 Å². The molecule has 0 saturated carbocycles. The molecule has 1 aliphatic heterocycles. The molecule has 0 atom stereocenters. The molecule has 8 heteroatoms. The van der Waals surface area contributed by atoms with Crippen LogP contribution in [0.5, 0.6) is 0 Å². The van der Waals surface area contributed by atoms with Crippen LogP contribution in [0.1, 0.15) is 47.4 Å². The summed E-state index contributed by atoms with van der Waals surface area (Å²) >= 11 is 0. The van der Waals surface area contributed by atoms with Crippen molar-refractivity contribution in [2.24, 2.45) is 0 Å². The number of carbonyl (C=O) groups excluding carboxylic acids is 1. The molecule has 4 rings (SSSR count). The lowest BCUT2D eigenvalue weighted by Crippen LogP contribution is -2.32. The van der Waals surface area contributed by atoms with Gasteiger partial charge in [-0.25, -0.2) is 8.42 Å². The molecule has 2 aromatic heterocycles. The summed E-state index contributed by atoms with van der Waals surface area (Å²) in [6, 6.07) is 12.1.